The molecule has 9 heteroatoms. The van der Waals surface area contributed by atoms with Gasteiger partial charge in [0.05, 0.1) is 29.2 Å². The second-order valence-corrected chi connectivity index (χ2v) is 10.9. The molecule has 0 radical (unpaired) electrons. The summed E-state index contributed by atoms with van der Waals surface area (Å²) in [5.41, 5.74) is 3.89. The largest absolute Gasteiger partial charge is 0.469 e. The zero-order valence-electron chi connectivity index (χ0n) is 20.7. The van der Waals surface area contributed by atoms with E-state index >= 15 is 0 Å². The molecule has 7 nitrogen and oxygen atoms in total. The fraction of sp³-hybridized carbons (Fsp3) is 0.214. The molecular weight excluding hydrogens is 493 g/mol. The molecule has 0 atom stereocenters. The third kappa shape index (κ3) is 4.29. The molecule has 0 bridgehead atoms. The predicted molar refractivity (Wildman–Crippen MR) is 140 cm³/mol. The van der Waals surface area contributed by atoms with Crippen LogP contribution in [-0.2, 0) is 26.0 Å². The molecular formula is C28H26FN3O4S. The van der Waals surface area contributed by atoms with Crippen LogP contribution in [0.4, 0.5) is 4.39 Å². The van der Waals surface area contributed by atoms with Crippen molar-refractivity contribution in [2.75, 3.05) is 7.11 Å². The minimum absolute atomic E-state index is 0.0535. The molecule has 2 heterocycles. The van der Waals surface area contributed by atoms with Gasteiger partial charge in [-0.25, -0.2) is 4.39 Å². The van der Waals surface area contributed by atoms with E-state index in [1.54, 1.807) is 30.3 Å². The van der Waals surface area contributed by atoms with Crippen molar-refractivity contribution >= 4 is 37.8 Å². The van der Waals surface area contributed by atoms with Crippen LogP contribution in [-0.4, -0.2) is 35.2 Å². The van der Waals surface area contributed by atoms with Crippen LogP contribution in [0.5, 0.6) is 0 Å². The van der Waals surface area contributed by atoms with Crippen LogP contribution in [0.3, 0.4) is 0 Å². The summed E-state index contributed by atoms with van der Waals surface area (Å²) in [6.07, 6.45) is 2.09. The first-order valence-corrected chi connectivity index (χ1v) is 13.3. The molecule has 3 aromatic carbocycles. The van der Waals surface area contributed by atoms with E-state index in [0.717, 1.165) is 31.9 Å². The highest BCUT2D eigenvalue weighted by Gasteiger charge is 2.25. The number of hydrogen-bond acceptors (Lipinski definition) is 5. The van der Waals surface area contributed by atoms with E-state index in [0.29, 0.717) is 17.3 Å². The van der Waals surface area contributed by atoms with Crippen molar-refractivity contribution in [1.29, 1.82) is 0 Å². The van der Waals surface area contributed by atoms with Gasteiger partial charge in [-0.05, 0) is 66.4 Å². The molecule has 0 spiro atoms. The number of carbonyl (C=O) groups excluding carboxylic acids is 1. The number of benzene rings is 3. The molecule has 5 aromatic rings. The Morgan fingerprint density at radius 2 is 1.73 bits per heavy atom. The summed E-state index contributed by atoms with van der Waals surface area (Å²) in [4.78, 5) is 12.2. The van der Waals surface area contributed by atoms with Gasteiger partial charge in [0.15, 0.2) is 0 Å². The quantitative estimate of drug-likeness (QED) is 0.262. The maximum absolute atomic E-state index is 13.8. The van der Waals surface area contributed by atoms with Gasteiger partial charge in [0, 0.05) is 28.6 Å². The van der Waals surface area contributed by atoms with Crippen LogP contribution in [0.1, 0.15) is 37.4 Å². The fourth-order valence-electron chi connectivity index (χ4n) is 4.82. The highest BCUT2D eigenvalue weighted by Crippen LogP contribution is 2.37. The first-order valence-electron chi connectivity index (χ1n) is 11.9. The summed E-state index contributed by atoms with van der Waals surface area (Å²) < 4.78 is 48.6. The summed E-state index contributed by atoms with van der Waals surface area (Å²) in [6.45, 7) is 4.11. The summed E-state index contributed by atoms with van der Waals surface area (Å²) in [5.74, 6) is -0.625. The summed E-state index contributed by atoms with van der Waals surface area (Å²) in [5, 5.41) is 5.67. The second kappa shape index (κ2) is 9.48. The van der Waals surface area contributed by atoms with Crippen molar-refractivity contribution < 1.29 is 22.3 Å². The van der Waals surface area contributed by atoms with E-state index in [-0.39, 0.29) is 29.0 Å². The Hall–Kier alpha value is -3.98. The number of fused-ring (bicyclic) bond motifs is 2. The number of hydrogen-bond donors (Lipinski definition) is 0. The average Bonchev–Trinajstić information content (AvgIpc) is 3.46. The lowest BCUT2D eigenvalue weighted by atomic mass is 9.99. The topological polar surface area (TPSA) is 83.2 Å². The van der Waals surface area contributed by atoms with Crippen molar-refractivity contribution in [3.8, 4) is 5.69 Å². The summed E-state index contributed by atoms with van der Waals surface area (Å²) in [7, 11) is -2.58. The van der Waals surface area contributed by atoms with Gasteiger partial charge in [-0.1, -0.05) is 32.0 Å². The molecule has 37 heavy (non-hydrogen) atoms. The molecule has 0 fully saturated rings. The molecule has 0 aliphatic heterocycles. The number of methoxy groups -OCH3 is 1. The van der Waals surface area contributed by atoms with Crippen LogP contribution in [0, 0.1) is 5.82 Å². The van der Waals surface area contributed by atoms with Gasteiger partial charge in [0.1, 0.15) is 5.82 Å². The molecule has 190 valence electrons. The molecule has 0 unspecified atom stereocenters. The smallest absolute Gasteiger partial charge is 0.305 e. The normalized spacial score (nSPS) is 12.0. The predicted octanol–water partition coefficient (Wildman–Crippen LogP) is 5.59. The maximum Gasteiger partial charge on any atom is 0.305 e. The van der Waals surface area contributed by atoms with Gasteiger partial charge >= 0.3 is 5.97 Å². The van der Waals surface area contributed by atoms with Gasteiger partial charge in [-0.15, -0.1) is 0 Å². The van der Waals surface area contributed by atoms with Crippen LogP contribution >= 0.6 is 0 Å². The van der Waals surface area contributed by atoms with E-state index in [4.69, 9.17) is 4.74 Å². The highest BCUT2D eigenvalue weighted by atomic mass is 32.2. The molecule has 0 aliphatic carbocycles. The van der Waals surface area contributed by atoms with Gasteiger partial charge in [0.25, 0.3) is 10.0 Å². The maximum atomic E-state index is 13.8. The molecule has 0 saturated carbocycles. The van der Waals surface area contributed by atoms with Crippen LogP contribution < -0.4 is 0 Å². The lowest BCUT2D eigenvalue weighted by molar-refractivity contribution is -0.140. The zero-order valence-corrected chi connectivity index (χ0v) is 21.5. The van der Waals surface area contributed by atoms with Gasteiger partial charge < -0.3 is 9.30 Å². The van der Waals surface area contributed by atoms with E-state index in [1.807, 2.05) is 12.1 Å². The molecule has 0 aliphatic rings. The molecule has 0 saturated heterocycles. The Bertz CT molecular complexity index is 1720. The fourth-order valence-corrected chi connectivity index (χ4v) is 6.11. The second-order valence-electron chi connectivity index (χ2n) is 9.14. The molecule has 0 amide bonds. The Balaban J connectivity index is 1.82. The number of aryl methyl sites for hydroxylation is 1. The highest BCUT2D eigenvalue weighted by molar-refractivity contribution is 7.90. The van der Waals surface area contributed by atoms with Gasteiger partial charge in [-0.3, -0.25) is 4.79 Å². The summed E-state index contributed by atoms with van der Waals surface area (Å²) >= 11 is 0. The van der Waals surface area contributed by atoms with Crippen molar-refractivity contribution in [2.24, 2.45) is 0 Å². The minimum Gasteiger partial charge on any atom is -0.469 e. The Morgan fingerprint density at radius 3 is 2.38 bits per heavy atom. The van der Waals surface area contributed by atoms with E-state index < -0.39 is 10.0 Å². The van der Waals surface area contributed by atoms with Crippen LogP contribution in [0.25, 0.3) is 27.5 Å². The van der Waals surface area contributed by atoms with E-state index in [2.05, 4.69) is 23.5 Å². The lowest BCUT2D eigenvalue weighted by Gasteiger charge is -2.15. The van der Waals surface area contributed by atoms with E-state index in [9.17, 15) is 17.6 Å². The number of rotatable bonds is 7. The molecule has 0 N–H and O–H groups in total. The third-order valence-electron chi connectivity index (χ3n) is 6.48. The molecule has 5 rings (SSSR count). The van der Waals surface area contributed by atoms with Crippen LogP contribution in [0.2, 0.25) is 0 Å². The first kappa shape index (κ1) is 24.7. The Labute approximate surface area is 214 Å². The zero-order chi connectivity index (χ0) is 26.3. The first-order chi connectivity index (χ1) is 17.7. The number of ether oxygens (including phenoxy) is 1. The minimum atomic E-state index is -3.93. The number of nitrogens with zero attached hydrogens (tertiary/aromatic N) is 3. The Kier molecular flexibility index (Phi) is 6.33. The molecule has 2 aromatic heterocycles. The third-order valence-corrected chi connectivity index (χ3v) is 8.09. The lowest BCUT2D eigenvalue weighted by Crippen LogP contribution is -2.14. The monoisotopic (exact) mass is 519 g/mol. The van der Waals surface area contributed by atoms with Gasteiger partial charge in [-0.2, -0.15) is 17.6 Å². The van der Waals surface area contributed by atoms with Crippen molar-refractivity contribution in [3.05, 3.63) is 90.0 Å². The number of aromatic nitrogens is 3. The van der Waals surface area contributed by atoms with Crippen molar-refractivity contribution in [1.82, 2.24) is 13.8 Å². The van der Waals surface area contributed by atoms with Crippen molar-refractivity contribution in [2.45, 2.75) is 37.5 Å². The van der Waals surface area contributed by atoms with Gasteiger partial charge in [0.2, 0.25) is 0 Å². The average molecular weight is 520 g/mol. The summed E-state index contributed by atoms with van der Waals surface area (Å²) in [6, 6.07) is 18.1. The van der Waals surface area contributed by atoms with E-state index in [1.165, 1.54) is 37.6 Å². The number of halogens is 1. The number of esters is 1. The standard InChI is InChI=1S/C28H26FN3O4S/c1-18(2)28-23(13-14-27(33)36-3)24-16-25-19(15-26(24)31(28)21-11-9-20(29)10-12-21)17-30-32(25)37(34,35)22-7-5-4-6-8-22/h4-12,15-18H,13-14H2,1-3H3. The van der Waals surface area contributed by atoms with Crippen molar-refractivity contribution in [3.63, 3.8) is 0 Å². The van der Waals surface area contributed by atoms with Crippen LogP contribution in [0.15, 0.2) is 77.8 Å². The Morgan fingerprint density at radius 1 is 1.03 bits per heavy atom. The SMILES string of the molecule is COC(=O)CCc1c(C(C)C)n(-c2ccc(F)cc2)c2cc3cnn(S(=O)(=O)c4ccccc4)c3cc12. The number of carbonyl (C=O) groups is 1.